The van der Waals surface area contributed by atoms with Crippen molar-refractivity contribution in [2.45, 2.75) is 52.1 Å². The molecule has 1 aliphatic rings. The van der Waals surface area contributed by atoms with E-state index in [9.17, 15) is 0 Å². The first-order valence-corrected chi connectivity index (χ1v) is 7.31. The predicted octanol–water partition coefficient (Wildman–Crippen LogP) is 3.62. The number of aromatic amines is 1. The fraction of sp³-hybridized carbons (Fsp3) is 0.562. The molecule has 3 heteroatoms. The van der Waals surface area contributed by atoms with E-state index in [2.05, 4.69) is 41.4 Å². The Morgan fingerprint density at radius 2 is 2.32 bits per heavy atom. The number of nitrogens with zero attached hydrogens (tertiary/aromatic N) is 1. The summed E-state index contributed by atoms with van der Waals surface area (Å²) >= 11 is 0. The van der Waals surface area contributed by atoms with Crippen molar-refractivity contribution in [2.75, 3.05) is 0 Å². The number of hydrogen-bond acceptors (Lipinski definition) is 2. The zero-order chi connectivity index (χ0) is 13.3. The fourth-order valence-electron chi connectivity index (χ4n) is 3.26. The largest absolute Gasteiger partial charge is 0.346 e. The van der Waals surface area contributed by atoms with Crippen molar-refractivity contribution >= 4 is 11.0 Å². The van der Waals surface area contributed by atoms with Gasteiger partial charge in [-0.3, -0.25) is 0 Å². The predicted molar refractivity (Wildman–Crippen MR) is 79.0 cm³/mol. The summed E-state index contributed by atoms with van der Waals surface area (Å²) in [5.74, 6) is 0. The minimum atomic E-state index is 0.419. The summed E-state index contributed by atoms with van der Waals surface area (Å²) in [7, 11) is 0. The molecule has 1 fully saturated rings. The monoisotopic (exact) mass is 257 g/mol. The van der Waals surface area contributed by atoms with Gasteiger partial charge in [-0.2, -0.15) is 0 Å². The molecule has 1 unspecified atom stereocenters. The lowest BCUT2D eigenvalue weighted by molar-refractivity contribution is 0.167. The molecule has 1 saturated carbocycles. The van der Waals surface area contributed by atoms with Crippen molar-refractivity contribution in [2.24, 2.45) is 5.41 Å². The highest BCUT2D eigenvalue weighted by Gasteiger charge is 2.31. The smallest absolute Gasteiger partial charge is 0.137 e. The first kappa shape index (κ1) is 12.7. The highest BCUT2D eigenvalue weighted by Crippen LogP contribution is 2.35. The first-order chi connectivity index (χ1) is 9.17. The molecule has 0 radical (unpaired) electrons. The number of nitrogens with one attached hydrogen (secondary N) is 2. The summed E-state index contributed by atoms with van der Waals surface area (Å²) in [5, 5.41) is 5.00. The van der Waals surface area contributed by atoms with Crippen molar-refractivity contribution in [1.82, 2.24) is 15.3 Å². The second kappa shape index (κ2) is 4.97. The third kappa shape index (κ3) is 2.52. The van der Waals surface area contributed by atoms with Gasteiger partial charge >= 0.3 is 0 Å². The van der Waals surface area contributed by atoms with Crippen LogP contribution in [0.25, 0.3) is 11.0 Å². The summed E-state index contributed by atoms with van der Waals surface area (Å²) < 4.78 is 0. The van der Waals surface area contributed by atoms with Gasteiger partial charge in [0, 0.05) is 30.4 Å². The molecule has 2 aromatic rings. The van der Waals surface area contributed by atoms with Crippen LogP contribution in [-0.2, 0) is 6.54 Å². The standard InChI is InChI=1S/C16H23N3/c1-16(2)8-4-3-7-14(16)18-10-12-11-19-15-13(12)6-5-9-17-15/h5-6,9,11,14,18H,3-4,7-8,10H2,1-2H3,(H,17,19). The SMILES string of the molecule is CC1(C)CCCCC1NCc1c[nH]c2ncccc12. The van der Waals surface area contributed by atoms with E-state index in [1.807, 2.05) is 12.3 Å². The summed E-state index contributed by atoms with van der Waals surface area (Å²) in [6.07, 6.45) is 9.28. The van der Waals surface area contributed by atoms with E-state index in [0.29, 0.717) is 11.5 Å². The Kier molecular flexibility index (Phi) is 3.31. The zero-order valence-corrected chi connectivity index (χ0v) is 11.9. The Balaban J connectivity index is 1.72. The van der Waals surface area contributed by atoms with E-state index in [0.717, 1.165) is 12.2 Å². The molecular formula is C16H23N3. The van der Waals surface area contributed by atoms with Crippen molar-refractivity contribution in [3.8, 4) is 0 Å². The molecule has 2 aromatic heterocycles. The van der Waals surface area contributed by atoms with Crippen molar-refractivity contribution < 1.29 is 0 Å². The number of aromatic nitrogens is 2. The molecule has 3 nitrogen and oxygen atoms in total. The van der Waals surface area contributed by atoms with Crippen LogP contribution in [0.15, 0.2) is 24.5 Å². The molecule has 0 amide bonds. The maximum atomic E-state index is 4.34. The molecule has 0 spiro atoms. The summed E-state index contributed by atoms with van der Waals surface area (Å²) in [4.78, 5) is 7.59. The number of pyridine rings is 1. The number of rotatable bonds is 3. The fourth-order valence-corrected chi connectivity index (χ4v) is 3.26. The van der Waals surface area contributed by atoms with E-state index in [4.69, 9.17) is 0 Å². The quantitative estimate of drug-likeness (QED) is 0.881. The molecule has 0 bridgehead atoms. The molecule has 2 heterocycles. The number of fused-ring (bicyclic) bond motifs is 1. The number of H-pyrrole nitrogens is 1. The Hall–Kier alpha value is -1.35. The van der Waals surface area contributed by atoms with Crippen LogP contribution in [0, 0.1) is 5.41 Å². The molecule has 102 valence electrons. The van der Waals surface area contributed by atoms with Crippen LogP contribution in [-0.4, -0.2) is 16.0 Å². The first-order valence-electron chi connectivity index (χ1n) is 7.31. The van der Waals surface area contributed by atoms with Crippen molar-refractivity contribution in [3.63, 3.8) is 0 Å². The van der Waals surface area contributed by atoms with Gasteiger partial charge in [0.15, 0.2) is 0 Å². The van der Waals surface area contributed by atoms with Gasteiger partial charge in [0.1, 0.15) is 5.65 Å². The van der Waals surface area contributed by atoms with E-state index >= 15 is 0 Å². The zero-order valence-electron chi connectivity index (χ0n) is 11.9. The molecule has 0 aromatic carbocycles. The normalized spacial score (nSPS) is 22.7. The van der Waals surface area contributed by atoms with Gasteiger partial charge in [0.05, 0.1) is 0 Å². The number of hydrogen-bond donors (Lipinski definition) is 2. The maximum absolute atomic E-state index is 4.34. The lowest BCUT2D eigenvalue weighted by atomic mass is 9.73. The van der Waals surface area contributed by atoms with Gasteiger partial charge in [-0.05, 0) is 36.0 Å². The second-order valence-corrected chi connectivity index (χ2v) is 6.38. The molecule has 1 atom stereocenters. The van der Waals surface area contributed by atoms with Gasteiger partial charge in [-0.25, -0.2) is 4.98 Å². The lowest BCUT2D eigenvalue weighted by Crippen LogP contribution is -2.43. The lowest BCUT2D eigenvalue weighted by Gasteiger charge is -2.39. The van der Waals surface area contributed by atoms with Gasteiger partial charge in [0.25, 0.3) is 0 Å². The molecule has 19 heavy (non-hydrogen) atoms. The Morgan fingerprint density at radius 1 is 1.42 bits per heavy atom. The average Bonchev–Trinajstić information content (AvgIpc) is 2.80. The van der Waals surface area contributed by atoms with Crippen LogP contribution in [0.5, 0.6) is 0 Å². The van der Waals surface area contributed by atoms with E-state index in [1.165, 1.54) is 36.6 Å². The van der Waals surface area contributed by atoms with Crippen LogP contribution >= 0.6 is 0 Å². The van der Waals surface area contributed by atoms with Crippen LogP contribution in [0.4, 0.5) is 0 Å². The molecular weight excluding hydrogens is 234 g/mol. The van der Waals surface area contributed by atoms with E-state index < -0.39 is 0 Å². The highest BCUT2D eigenvalue weighted by atomic mass is 14.9. The van der Waals surface area contributed by atoms with Crippen LogP contribution < -0.4 is 5.32 Å². The van der Waals surface area contributed by atoms with Gasteiger partial charge in [-0.15, -0.1) is 0 Å². The van der Waals surface area contributed by atoms with Gasteiger partial charge in [0.2, 0.25) is 0 Å². The Bertz CT molecular complexity index is 556. The highest BCUT2D eigenvalue weighted by molar-refractivity contribution is 5.79. The Labute approximate surface area is 114 Å². The minimum absolute atomic E-state index is 0.419. The van der Waals surface area contributed by atoms with Gasteiger partial charge in [-0.1, -0.05) is 26.7 Å². The summed E-state index contributed by atoms with van der Waals surface area (Å²) in [6.45, 7) is 5.71. The second-order valence-electron chi connectivity index (χ2n) is 6.38. The molecule has 0 aliphatic heterocycles. The molecule has 2 N–H and O–H groups in total. The van der Waals surface area contributed by atoms with Crippen LogP contribution in [0.1, 0.15) is 45.1 Å². The summed E-state index contributed by atoms with van der Waals surface area (Å²) in [5.41, 5.74) is 2.73. The average molecular weight is 257 g/mol. The van der Waals surface area contributed by atoms with Crippen LogP contribution in [0.3, 0.4) is 0 Å². The minimum Gasteiger partial charge on any atom is -0.346 e. The maximum Gasteiger partial charge on any atom is 0.137 e. The van der Waals surface area contributed by atoms with Gasteiger partial charge < -0.3 is 10.3 Å². The van der Waals surface area contributed by atoms with Crippen molar-refractivity contribution in [3.05, 3.63) is 30.1 Å². The van der Waals surface area contributed by atoms with Crippen LogP contribution in [0.2, 0.25) is 0 Å². The van der Waals surface area contributed by atoms with E-state index in [1.54, 1.807) is 0 Å². The summed E-state index contributed by atoms with van der Waals surface area (Å²) in [6, 6.07) is 4.77. The third-order valence-electron chi connectivity index (χ3n) is 4.58. The molecule has 3 rings (SSSR count). The van der Waals surface area contributed by atoms with E-state index in [-0.39, 0.29) is 0 Å². The topological polar surface area (TPSA) is 40.7 Å². The third-order valence-corrected chi connectivity index (χ3v) is 4.58. The molecule has 1 aliphatic carbocycles. The van der Waals surface area contributed by atoms with Crippen molar-refractivity contribution in [1.29, 1.82) is 0 Å². The molecule has 0 saturated heterocycles. The Morgan fingerprint density at radius 3 is 3.16 bits per heavy atom.